The van der Waals surface area contributed by atoms with E-state index in [2.05, 4.69) is 20.3 Å². The lowest BCUT2D eigenvalue weighted by atomic mass is 10.1. The minimum atomic E-state index is -4.59. The minimum absolute atomic E-state index is 0.0739. The van der Waals surface area contributed by atoms with E-state index in [1.165, 1.54) is 0 Å². The molecule has 2 aromatic carbocycles. The van der Waals surface area contributed by atoms with Crippen molar-refractivity contribution in [2.24, 2.45) is 0 Å². The summed E-state index contributed by atoms with van der Waals surface area (Å²) in [5.74, 6) is -1.26. The number of halogens is 3. The Morgan fingerprint density at radius 2 is 1.90 bits per heavy atom. The van der Waals surface area contributed by atoms with Gasteiger partial charge in [0.15, 0.2) is 6.61 Å². The SMILES string of the molecule is O=C(Nc1nnc(-c2ccccc2)s1)c1cc(OCC(F)(F)F)ccc1[N+](=O)[O-]. The lowest BCUT2D eigenvalue weighted by Crippen LogP contribution is -2.20. The van der Waals surface area contributed by atoms with Crippen molar-refractivity contribution in [3.63, 3.8) is 0 Å². The summed E-state index contributed by atoms with van der Waals surface area (Å²) in [4.78, 5) is 22.8. The number of carbonyl (C=O) groups is 1. The van der Waals surface area contributed by atoms with E-state index in [1.54, 1.807) is 24.3 Å². The van der Waals surface area contributed by atoms with Crippen LogP contribution in [0.5, 0.6) is 5.75 Å². The van der Waals surface area contributed by atoms with Gasteiger partial charge in [-0.3, -0.25) is 20.2 Å². The molecular formula is C17H11F3N4O4S. The zero-order valence-corrected chi connectivity index (χ0v) is 15.2. The fourth-order valence-corrected chi connectivity index (χ4v) is 2.99. The number of nitro benzene ring substituents is 1. The molecule has 1 N–H and O–H groups in total. The van der Waals surface area contributed by atoms with Gasteiger partial charge in [-0.25, -0.2) is 0 Å². The lowest BCUT2D eigenvalue weighted by Gasteiger charge is -2.10. The second kappa shape index (κ2) is 8.22. The third-order valence-corrected chi connectivity index (χ3v) is 4.37. The van der Waals surface area contributed by atoms with Gasteiger partial charge in [0, 0.05) is 11.6 Å². The van der Waals surface area contributed by atoms with E-state index in [4.69, 9.17) is 0 Å². The van der Waals surface area contributed by atoms with E-state index in [0.29, 0.717) is 5.01 Å². The molecule has 0 saturated carbocycles. The molecule has 0 fully saturated rings. The fraction of sp³-hybridized carbons (Fsp3) is 0.118. The van der Waals surface area contributed by atoms with Crippen molar-refractivity contribution in [1.82, 2.24) is 10.2 Å². The Hall–Kier alpha value is -3.54. The maximum Gasteiger partial charge on any atom is 0.422 e. The van der Waals surface area contributed by atoms with Crippen molar-refractivity contribution in [3.8, 4) is 16.3 Å². The molecular weight excluding hydrogens is 413 g/mol. The predicted octanol–water partition coefficient (Wildman–Crippen LogP) is 4.31. The highest BCUT2D eigenvalue weighted by Gasteiger charge is 2.29. The molecule has 1 amide bonds. The van der Waals surface area contributed by atoms with Crippen molar-refractivity contribution in [2.75, 3.05) is 11.9 Å². The van der Waals surface area contributed by atoms with Crippen LogP contribution in [-0.4, -0.2) is 33.8 Å². The number of carbonyl (C=O) groups excluding carboxylic acids is 1. The summed E-state index contributed by atoms with van der Waals surface area (Å²) in [6.45, 7) is -1.59. The van der Waals surface area contributed by atoms with E-state index >= 15 is 0 Å². The van der Waals surface area contributed by atoms with Crippen LogP contribution in [0, 0.1) is 10.1 Å². The Labute approximate surface area is 165 Å². The lowest BCUT2D eigenvalue weighted by molar-refractivity contribution is -0.385. The quantitative estimate of drug-likeness (QED) is 0.467. The zero-order chi connectivity index (χ0) is 21.0. The molecule has 8 nitrogen and oxygen atoms in total. The van der Waals surface area contributed by atoms with Crippen LogP contribution in [0.2, 0.25) is 0 Å². The maximum atomic E-state index is 12.5. The van der Waals surface area contributed by atoms with Gasteiger partial charge in [-0.05, 0) is 12.1 Å². The van der Waals surface area contributed by atoms with Crippen LogP contribution in [-0.2, 0) is 0 Å². The van der Waals surface area contributed by atoms with Gasteiger partial charge in [0.25, 0.3) is 11.6 Å². The Bertz CT molecular complexity index is 1040. The van der Waals surface area contributed by atoms with Crippen LogP contribution in [0.1, 0.15) is 10.4 Å². The first-order chi connectivity index (χ1) is 13.7. The van der Waals surface area contributed by atoms with Gasteiger partial charge in [-0.15, -0.1) is 10.2 Å². The summed E-state index contributed by atoms with van der Waals surface area (Å²) < 4.78 is 41.5. The molecule has 0 aliphatic heterocycles. The molecule has 0 aliphatic rings. The van der Waals surface area contributed by atoms with E-state index in [9.17, 15) is 28.1 Å². The smallest absolute Gasteiger partial charge is 0.422 e. The van der Waals surface area contributed by atoms with Gasteiger partial charge >= 0.3 is 6.18 Å². The molecule has 0 bridgehead atoms. The number of nitro groups is 1. The number of ether oxygens (including phenoxy) is 1. The summed E-state index contributed by atoms with van der Waals surface area (Å²) in [5.41, 5.74) is -0.292. The highest BCUT2D eigenvalue weighted by atomic mass is 32.1. The van der Waals surface area contributed by atoms with Gasteiger partial charge in [-0.2, -0.15) is 13.2 Å². The molecule has 0 unspecified atom stereocenters. The van der Waals surface area contributed by atoms with E-state index in [0.717, 1.165) is 35.1 Å². The number of hydrogen-bond acceptors (Lipinski definition) is 7. The number of aromatic nitrogens is 2. The monoisotopic (exact) mass is 424 g/mol. The summed E-state index contributed by atoms with van der Waals surface area (Å²) in [7, 11) is 0. The van der Waals surface area contributed by atoms with Crippen LogP contribution < -0.4 is 10.1 Å². The number of rotatable bonds is 6. The zero-order valence-electron chi connectivity index (χ0n) is 14.3. The molecule has 150 valence electrons. The summed E-state index contributed by atoms with van der Waals surface area (Å²) in [5, 5.41) is 21.9. The minimum Gasteiger partial charge on any atom is -0.484 e. The van der Waals surface area contributed by atoms with Crippen molar-refractivity contribution < 1.29 is 27.6 Å². The largest absolute Gasteiger partial charge is 0.484 e. The van der Waals surface area contributed by atoms with Crippen LogP contribution in [0.4, 0.5) is 24.0 Å². The number of hydrogen-bond donors (Lipinski definition) is 1. The van der Waals surface area contributed by atoms with Crippen molar-refractivity contribution >= 4 is 28.1 Å². The number of nitrogens with zero attached hydrogens (tertiary/aromatic N) is 3. The molecule has 29 heavy (non-hydrogen) atoms. The van der Waals surface area contributed by atoms with E-state index in [1.807, 2.05) is 6.07 Å². The summed E-state index contributed by atoms with van der Waals surface area (Å²) in [6, 6.07) is 11.8. The maximum absolute atomic E-state index is 12.5. The van der Waals surface area contributed by atoms with Crippen LogP contribution in [0.25, 0.3) is 10.6 Å². The van der Waals surface area contributed by atoms with Crippen molar-refractivity contribution in [3.05, 3.63) is 64.2 Å². The van der Waals surface area contributed by atoms with E-state index in [-0.39, 0.29) is 10.9 Å². The number of anilines is 1. The fourth-order valence-electron chi connectivity index (χ4n) is 2.25. The first kappa shape index (κ1) is 20.2. The summed E-state index contributed by atoms with van der Waals surface area (Å²) in [6.07, 6.45) is -4.59. The molecule has 0 radical (unpaired) electrons. The molecule has 3 aromatic rings. The standard InChI is InChI=1S/C17H11F3N4O4S/c18-17(19,20)9-28-11-6-7-13(24(26)27)12(8-11)14(25)21-16-23-22-15(29-16)10-4-2-1-3-5-10/h1-8H,9H2,(H,21,23,25). The predicted molar refractivity (Wildman–Crippen MR) is 97.9 cm³/mol. The third kappa shape index (κ3) is 5.25. The molecule has 12 heteroatoms. The van der Waals surface area contributed by atoms with Crippen LogP contribution in [0.15, 0.2) is 48.5 Å². The second-order valence-corrected chi connectivity index (χ2v) is 6.55. The number of alkyl halides is 3. The molecule has 0 aliphatic carbocycles. The average molecular weight is 424 g/mol. The molecule has 0 saturated heterocycles. The van der Waals surface area contributed by atoms with Gasteiger partial charge < -0.3 is 4.74 Å². The van der Waals surface area contributed by atoms with Crippen LogP contribution in [0.3, 0.4) is 0 Å². The highest BCUT2D eigenvalue weighted by Crippen LogP contribution is 2.29. The van der Waals surface area contributed by atoms with Gasteiger partial charge in [-0.1, -0.05) is 41.7 Å². The molecule has 1 aromatic heterocycles. The molecule has 0 atom stereocenters. The van der Waals surface area contributed by atoms with Gasteiger partial charge in [0.05, 0.1) is 4.92 Å². The number of amides is 1. The second-order valence-electron chi connectivity index (χ2n) is 5.57. The van der Waals surface area contributed by atoms with Gasteiger partial charge in [0.2, 0.25) is 5.13 Å². The third-order valence-electron chi connectivity index (χ3n) is 3.48. The topological polar surface area (TPSA) is 107 Å². The van der Waals surface area contributed by atoms with Crippen molar-refractivity contribution in [1.29, 1.82) is 0 Å². The normalized spacial score (nSPS) is 11.1. The van der Waals surface area contributed by atoms with Gasteiger partial charge in [0.1, 0.15) is 16.3 Å². The Balaban J connectivity index is 1.82. The number of nitrogens with one attached hydrogen (secondary N) is 1. The Kier molecular flexibility index (Phi) is 5.73. The van der Waals surface area contributed by atoms with E-state index < -0.39 is 34.9 Å². The number of benzene rings is 2. The first-order valence-corrected chi connectivity index (χ1v) is 8.73. The Morgan fingerprint density at radius 1 is 1.17 bits per heavy atom. The highest BCUT2D eigenvalue weighted by molar-refractivity contribution is 7.18. The molecule has 3 rings (SSSR count). The Morgan fingerprint density at radius 3 is 2.55 bits per heavy atom. The molecule has 0 spiro atoms. The molecule has 1 heterocycles. The van der Waals surface area contributed by atoms with Crippen molar-refractivity contribution in [2.45, 2.75) is 6.18 Å². The summed E-state index contributed by atoms with van der Waals surface area (Å²) >= 11 is 1.04. The van der Waals surface area contributed by atoms with Crippen LogP contribution >= 0.6 is 11.3 Å². The average Bonchev–Trinajstić information content (AvgIpc) is 3.14. The first-order valence-electron chi connectivity index (χ1n) is 7.91.